The minimum absolute atomic E-state index is 0.139. The number of rotatable bonds is 42. The maximum Gasteiger partial charge on any atom is 0.220 e. The number of carbonyl (C=O) groups is 1. The number of allylic oxidation sites excluding steroid dienone is 6. The summed E-state index contributed by atoms with van der Waals surface area (Å²) in [6, 6.07) is -0.720. The molecule has 1 amide bonds. The largest absolute Gasteiger partial charge is 0.394 e. The van der Waals surface area contributed by atoms with Crippen molar-refractivity contribution < 1.29 is 39.8 Å². The van der Waals surface area contributed by atoms with E-state index in [1.807, 2.05) is 0 Å². The third-order valence-corrected chi connectivity index (χ3v) is 12.0. The first-order valence-electron chi connectivity index (χ1n) is 25.2. The fraction of sp³-hybridized carbons (Fsp3) is 0.863. The SMILES string of the molecule is CCCCCCC/C=C\C/C=C\C/C=C\CCCCCCCCCCCCC(=O)NC(COC1OC(CO)C(O)C(O)C1O)C(O)CCCCCCCCCCCCCC. The molecule has 7 unspecified atom stereocenters. The maximum atomic E-state index is 13.0. The van der Waals surface area contributed by atoms with E-state index in [4.69, 9.17) is 9.47 Å². The maximum absolute atomic E-state index is 13.0. The minimum atomic E-state index is -1.55. The zero-order valence-electron chi connectivity index (χ0n) is 38.7. The molecule has 0 saturated carbocycles. The molecule has 0 aromatic carbocycles. The van der Waals surface area contributed by atoms with Gasteiger partial charge in [-0.1, -0.05) is 204 Å². The van der Waals surface area contributed by atoms with E-state index in [0.717, 1.165) is 51.4 Å². The van der Waals surface area contributed by atoms with Crippen molar-refractivity contribution in [3.8, 4) is 0 Å². The lowest BCUT2D eigenvalue weighted by atomic mass is 9.99. The van der Waals surface area contributed by atoms with E-state index >= 15 is 0 Å². The lowest BCUT2D eigenvalue weighted by molar-refractivity contribution is -0.302. The lowest BCUT2D eigenvalue weighted by Crippen LogP contribution is -2.60. The number of aliphatic hydroxyl groups excluding tert-OH is 5. The summed E-state index contributed by atoms with van der Waals surface area (Å²) in [4.78, 5) is 13.0. The van der Waals surface area contributed by atoms with Crippen LogP contribution in [0, 0.1) is 0 Å². The highest BCUT2D eigenvalue weighted by molar-refractivity contribution is 5.76. The molecule has 1 aliphatic rings. The predicted molar refractivity (Wildman–Crippen MR) is 249 cm³/mol. The molecule has 6 N–H and O–H groups in total. The molecule has 0 spiro atoms. The van der Waals surface area contributed by atoms with Gasteiger partial charge in [0.2, 0.25) is 5.91 Å². The Labute approximate surface area is 368 Å². The third kappa shape index (κ3) is 31.3. The van der Waals surface area contributed by atoms with Crippen molar-refractivity contribution in [2.24, 2.45) is 0 Å². The molecule has 0 aromatic rings. The van der Waals surface area contributed by atoms with Crippen molar-refractivity contribution in [2.75, 3.05) is 13.2 Å². The number of ether oxygens (including phenoxy) is 2. The molecule has 1 heterocycles. The van der Waals surface area contributed by atoms with Gasteiger partial charge in [0.15, 0.2) is 6.29 Å². The molecule has 7 atom stereocenters. The Morgan fingerprint density at radius 1 is 0.567 bits per heavy atom. The summed E-state index contributed by atoms with van der Waals surface area (Å²) in [7, 11) is 0. The smallest absolute Gasteiger partial charge is 0.220 e. The molecule has 1 rings (SSSR count). The second-order valence-corrected chi connectivity index (χ2v) is 17.6. The summed E-state index contributed by atoms with van der Waals surface area (Å²) in [5.74, 6) is -0.149. The van der Waals surface area contributed by atoms with Crippen LogP contribution in [0.4, 0.5) is 0 Å². The van der Waals surface area contributed by atoms with E-state index in [0.29, 0.717) is 12.8 Å². The van der Waals surface area contributed by atoms with Crippen molar-refractivity contribution in [2.45, 2.75) is 269 Å². The minimum Gasteiger partial charge on any atom is -0.394 e. The Hall–Kier alpha value is -1.59. The number of hydrogen-bond donors (Lipinski definition) is 6. The second-order valence-electron chi connectivity index (χ2n) is 17.6. The Kier molecular flexibility index (Phi) is 39.0. The summed E-state index contributed by atoms with van der Waals surface area (Å²) in [5.41, 5.74) is 0. The topological polar surface area (TPSA) is 149 Å². The molecule has 0 bridgehead atoms. The second kappa shape index (κ2) is 41.4. The van der Waals surface area contributed by atoms with Gasteiger partial charge in [-0.15, -0.1) is 0 Å². The summed E-state index contributed by atoms with van der Waals surface area (Å²) < 4.78 is 11.3. The van der Waals surface area contributed by atoms with Crippen molar-refractivity contribution in [1.82, 2.24) is 5.32 Å². The average Bonchev–Trinajstić information content (AvgIpc) is 3.25. The molecule has 9 nitrogen and oxygen atoms in total. The first kappa shape index (κ1) is 56.4. The van der Waals surface area contributed by atoms with Gasteiger partial charge in [-0.25, -0.2) is 0 Å². The Bertz CT molecular complexity index is 1030. The molecule has 1 aliphatic heterocycles. The summed E-state index contributed by atoms with van der Waals surface area (Å²) in [5, 5.41) is 54.4. The summed E-state index contributed by atoms with van der Waals surface area (Å²) in [6.07, 6.45) is 44.4. The third-order valence-electron chi connectivity index (χ3n) is 12.0. The van der Waals surface area contributed by atoms with E-state index in [2.05, 4.69) is 55.6 Å². The molecule has 352 valence electrons. The van der Waals surface area contributed by atoms with Crippen LogP contribution in [-0.4, -0.2) is 87.5 Å². The fourth-order valence-corrected chi connectivity index (χ4v) is 7.93. The molecule has 60 heavy (non-hydrogen) atoms. The van der Waals surface area contributed by atoms with E-state index in [1.165, 1.54) is 148 Å². The molecule has 0 aliphatic carbocycles. The molecule has 1 saturated heterocycles. The summed E-state index contributed by atoms with van der Waals surface area (Å²) >= 11 is 0. The van der Waals surface area contributed by atoms with Crippen LogP contribution < -0.4 is 5.32 Å². The zero-order valence-corrected chi connectivity index (χ0v) is 38.7. The highest BCUT2D eigenvalue weighted by atomic mass is 16.7. The molecule has 1 fully saturated rings. The van der Waals surface area contributed by atoms with Gasteiger partial charge in [-0.2, -0.15) is 0 Å². The van der Waals surface area contributed by atoms with Gasteiger partial charge < -0.3 is 40.3 Å². The predicted octanol–water partition coefficient (Wildman–Crippen LogP) is 11.2. The Balaban J connectivity index is 2.23. The number of unbranched alkanes of at least 4 members (excludes halogenated alkanes) is 26. The van der Waals surface area contributed by atoms with E-state index < -0.39 is 49.5 Å². The fourth-order valence-electron chi connectivity index (χ4n) is 7.93. The molecule has 0 radical (unpaired) electrons. The van der Waals surface area contributed by atoms with E-state index in [9.17, 15) is 30.3 Å². The Morgan fingerprint density at radius 3 is 1.45 bits per heavy atom. The van der Waals surface area contributed by atoms with Gasteiger partial charge in [0.25, 0.3) is 0 Å². The van der Waals surface area contributed by atoms with Gasteiger partial charge in [-0.05, 0) is 51.4 Å². The van der Waals surface area contributed by atoms with Crippen molar-refractivity contribution >= 4 is 5.91 Å². The van der Waals surface area contributed by atoms with Crippen LogP contribution in [-0.2, 0) is 14.3 Å². The van der Waals surface area contributed by atoms with Crippen LogP contribution in [0.3, 0.4) is 0 Å². The number of aliphatic hydroxyl groups is 5. The van der Waals surface area contributed by atoms with Gasteiger partial charge in [0.05, 0.1) is 25.4 Å². The Morgan fingerprint density at radius 2 is 0.983 bits per heavy atom. The van der Waals surface area contributed by atoms with Crippen LogP contribution in [0.1, 0.15) is 226 Å². The molecular formula is C51H95NO8. The zero-order chi connectivity index (χ0) is 43.7. The highest BCUT2D eigenvalue weighted by Gasteiger charge is 2.44. The molecule has 9 heteroatoms. The van der Waals surface area contributed by atoms with Gasteiger partial charge >= 0.3 is 0 Å². The standard InChI is InChI=1S/C51H95NO8/c1-3-5-7-9-11-13-15-17-18-19-20-21-22-23-24-25-26-27-28-29-31-33-35-37-39-41-47(55)52-44(43-59-51-50(58)49(57)48(56)46(42-53)60-51)45(54)40-38-36-34-32-30-16-14-12-10-8-6-4-2/h15,17,19-20,22-23,44-46,48-51,53-54,56-58H,3-14,16,18,21,24-43H2,1-2H3,(H,52,55)/b17-15-,20-19-,23-22-. The highest BCUT2D eigenvalue weighted by Crippen LogP contribution is 2.23. The number of hydrogen-bond acceptors (Lipinski definition) is 8. The normalized spacial score (nSPS) is 20.8. The molecule has 0 aromatic heterocycles. The monoisotopic (exact) mass is 850 g/mol. The van der Waals surface area contributed by atoms with Gasteiger partial charge in [-0.3, -0.25) is 4.79 Å². The van der Waals surface area contributed by atoms with Crippen LogP contribution >= 0.6 is 0 Å². The average molecular weight is 850 g/mol. The van der Waals surface area contributed by atoms with Crippen LogP contribution in [0.5, 0.6) is 0 Å². The van der Waals surface area contributed by atoms with Crippen LogP contribution in [0.15, 0.2) is 36.5 Å². The van der Waals surface area contributed by atoms with Crippen molar-refractivity contribution in [3.05, 3.63) is 36.5 Å². The van der Waals surface area contributed by atoms with Crippen LogP contribution in [0.25, 0.3) is 0 Å². The number of amides is 1. The molecular weight excluding hydrogens is 755 g/mol. The first-order valence-corrected chi connectivity index (χ1v) is 25.2. The summed E-state index contributed by atoms with van der Waals surface area (Å²) in [6.45, 7) is 3.82. The van der Waals surface area contributed by atoms with E-state index in [1.54, 1.807) is 0 Å². The number of nitrogens with one attached hydrogen (secondary N) is 1. The quantitative estimate of drug-likeness (QED) is 0.0263. The number of carbonyl (C=O) groups excluding carboxylic acids is 1. The van der Waals surface area contributed by atoms with Crippen LogP contribution in [0.2, 0.25) is 0 Å². The van der Waals surface area contributed by atoms with Crippen molar-refractivity contribution in [3.63, 3.8) is 0 Å². The lowest BCUT2D eigenvalue weighted by Gasteiger charge is -2.40. The van der Waals surface area contributed by atoms with Gasteiger partial charge in [0, 0.05) is 6.42 Å². The van der Waals surface area contributed by atoms with E-state index in [-0.39, 0.29) is 12.5 Å². The van der Waals surface area contributed by atoms with Crippen molar-refractivity contribution in [1.29, 1.82) is 0 Å². The first-order chi connectivity index (χ1) is 29.3. The van der Waals surface area contributed by atoms with Gasteiger partial charge in [0.1, 0.15) is 24.4 Å².